The topological polar surface area (TPSA) is 73.4 Å². The Kier molecular flexibility index (Phi) is 3.26. The van der Waals surface area contributed by atoms with Gasteiger partial charge in [0.25, 0.3) is 5.92 Å². The first-order valence-electron chi connectivity index (χ1n) is 6.52. The summed E-state index contributed by atoms with van der Waals surface area (Å²) in [6, 6.07) is -0.411. The van der Waals surface area contributed by atoms with Crippen LogP contribution in [-0.4, -0.2) is 47.1 Å². The molecule has 1 amide bonds. The number of amidine groups is 1. The minimum absolute atomic E-state index is 0.0365. The fourth-order valence-corrected chi connectivity index (χ4v) is 2.79. The summed E-state index contributed by atoms with van der Waals surface area (Å²) in [5.41, 5.74) is 5.01. The van der Waals surface area contributed by atoms with Gasteiger partial charge in [-0.05, 0) is 13.8 Å². The van der Waals surface area contributed by atoms with E-state index in [1.807, 2.05) is 0 Å². The molecule has 7 heteroatoms. The van der Waals surface area contributed by atoms with Crippen LogP contribution in [0.25, 0.3) is 0 Å². The first-order valence-corrected chi connectivity index (χ1v) is 6.52. The van der Waals surface area contributed by atoms with Crippen molar-refractivity contribution in [2.75, 3.05) is 13.6 Å². The van der Waals surface area contributed by atoms with Gasteiger partial charge in [0.1, 0.15) is 11.5 Å². The van der Waals surface area contributed by atoms with E-state index in [4.69, 9.17) is 11.1 Å². The molecule has 1 saturated carbocycles. The van der Waals surface area contributed by atoms with Gasteiger partial charge < -0.3 is 15.5 Å². The van der Waals surface area contributed by atoms with E-state index >= 15 is 0 Å². The summed E-state index contributed by atoms with van der Waals surface area (Å²) >= 11 is 0. The minimum atomic E-state index is -2.66. The maximum atomic E-state index is 13.1. The molecule has 2 rings (SSSR count). The lowest BCUT2D eigenvalue weighted by atomic mass is 9.84. The van der Waals surface area contributed by atoms with Crippen LogP contribution >= 0.6 is 0 Å². The molecule has 2 fully saturated rings. The number of alkyl halides is 2. The Morgan fingerprint density at radius 2 is 1.95 bits per heavy atom. The molecule has 0 aromatic heterocycles. The van der Waals surface area contributed by atoms with Crippen molar-refractivity contribution in [2.45, 2.75) is 38.7 Å². The van der Waals surface area contributed by atoms with E-state index in [-0.39, 0.29) is 36.8 Å². The van der Waals surface area contributed by atoms with Crippen LogP contribution < -0.4 is 5.73 Å². The molecule has 0 bridgehead atoms. The maximum absolute atomic E-state index is 13.1. The Morgan fingerprint density at radius 1 is 1.40 bits per heavy atom. The van der Waals surface area contributed by atoms with Crippen LogP contribution in [0.2, 0.25) is 0 Å². The third-order valence-corrected chi connectivity index (χ3v) is 4.01. The Bertz CT molecular complexity index is 479. The molecule has 1 aliphatic carbocycles. The Labute approximate surface area is 116 Å². The third kappa shape index (κ3) is 2.25. The van der Waals surface area contributed by atoms with E-state index in [0.29, 0.717) is 0 Å². The van der Waals surface area contributed by atoms with Crippen LogP contribution in [0, 0.1) is 10.8 Å². The summed E-state index contributed by atoms with van der Waals surface area (Å²) in [4.78, 5) is 15.3. The summed E-state index contributed by atoms with van der Waals surface area (Å²) in [6.45, 7) is 3.75. The third-order valence-electron chi connectivity index (χ3n) is 4.01. The Morgan fingerprint density at radius 3 is 2.40 bits per heavy atom. The van der Waals surface area contributed by atoms with Gasteiger partial charge in [0.05, 0.1) is 5.41 Å². The van der Waals surface area contributed by atoms with Gasteiger partial charge in [0.15, 0.2) is 0 Å². The van der Waals surface area contributed by atoms with Gasteiger partial charge in [0.2, 0.25) is 5.91 Å². The molecule has 0 aromatic rings. The second-order valence-electron chi connectivity index (χ2n) is 6.19. The van der Waals surface area contributed by atoms with Crippen LogP contribution in [0.5, 0.6) is 0 Å². The number of hydrogen-bond acceptors (Lipinski definition) is 3. The maximum Gasteiger partial charge on any atom is 0.252 e. The van der Waals surface area contributed by atoms with Crippen LogP contribution in [0.3, 0.4) is 0 Å². The van der Waals surface area contributed by atoms with Gasteiger partial charge >= 0.3 is 0 Å². The summed E-state index contributed by atoms with van der Waals surface area (Å²) in [7, 11) is 1.55. The van der Waals surface area contributed by atoms with Gasteiger partial charge in [-0.2, -0.15) is 0 Å². The fraction of sp³-hybridized carbons (Fsp3) is 0.692. The zero-order chi connectivity index (χ0) is 15.3. The molecule has 0 aromatic carbocycles. The average molecular weight is 286 g/mol. The van der Waals surface area contributed by atoms with E-state index in [1.165, 1.54) is 11.1 Å². The number of carbonyl (C=O) groups is 1. The van der Waals surface area contributed by atoms with Crippen molar-refractivity contribution in [3.05, 3.63) is 11.9 Å². The summed E-state index contributed by atoms with van der Waals surface area (Å²) < 4.78 is 26.2. The predicted molar refractivity (Wildman–Crippen MR) is 71.2 cm³/mol. The second-order valence-corrected chi connectivity index (χ2v) is 6.19. The number of nitrogens with zero attached hydrogens (tertiary/aromatic N) is 2. The lowest BCUT2D eigenvalue weighted by molar-refractivity contribution is -0.138. The Balaban J connectivity index is 2.33. The van der Waals surface area contributed by atoms with Crippen molar-refractivity contribution in [3.8, 4) is 0 Å². The molecule has 1 heterocycles. The highest BCUT2D eigenvalue weighted by Crippen LogP contribution is 2.42. The number of amides is 1. The van der Waals surface area contributed by atoms with Crippen molar-refractivity contribution < 1.29 is 13.6 Å². The lowest BCUT2D eigenvalue weighted by Crippen LogP contribution is -2.55. The number of nitrogens with one attached hydrogen (secondary N) is 1. The van der Waals surface area contributed by atoms with Gasteiger partial charge in [-0.15, -0.1) is 0 Å². The highest BCUT2D eigenvalue weighted by molar-refractivity contribution is 6.02. The average Bonchev–Trinajstić information content (AvgIpc) is 2.37. The fourth-order valence-electron chi connectivity index (χ4n) is 2.79. The van der Waals surface area contributed by atoms with Crippen LogP contribution in [0.4, 0.5) is 8.78 Å². The quantitative estimate of drug-likeness (QED) is 0.764. The highest BCUT2D eigenvalue weighted by Gasteiger charge is 2.51. The standard InChI is InChI=1S/C13H20F2N4O/c1-12(2)7-19(8-4-13(14,15)5-8)10(17)9(6-16)18(3)11(12)20/h6,8,17H,4-5,7,16H2,1-3H3/b9-6+,17-10?. The van der Waals surface area contributed by atoms with Crippen LogP contribution in [0.1, 0.15) is 26.7 Å². The molecule has 3 N–H and O–H groups in total. The molecule has 1 aliphatic heterocycles. The molecule has 5 nitrogen and oxygen atoms in total. The lowest BCUT2D eigenvalue weighted by Gasteiger charge is -2.44. The molecule has 2 aliphatic rings. The van der Waals surface area contributed by atoms with E-state index in [2.05, 4.69) is 0 Å². The Hall–Kier alpha value is -1.66. The first-order chi connectivity index (χ1) is 9.09. The summed E-state index contributed by atoms with van der Waals surface area (Å²) in [5, 5.41) is 8.18. The van der Waals surface area contributed by atoms with Crippen LogP contribution in [0.15, 0.2) is 11.9 Å². The second kappa shape index (κ2) is 4.43. The van der Waals surface area contributed by atoms with Gasteiger partial charge in [-0.25, -0.2) is 8.78 Å². The van der Waals surface area contributed by atoms with E-state index in [9.17, 15) is 13.6 Å². The first kappa shape index (κ1) is 14.7. The van der Waals surface area contributed by atoms with Gasteiger partial charge in [0, 0.05) is 38.7 Å². The zero-order valence-electron chi connectivity index (χ0n) is 11.9. The van der Waals surface area contributed by atoms with Crippen molar-refractivity contribution in [1.29, 1.82) is 5.41 Å². The summed E-state index contributed by atoms with van der Waals surface area (Å²) in [5.74, 6) is -2.80. The van der Waals surface area contributed by atoms with E-state index < -0.39 is 17.4 Å². The smallest absolute Gasteiger partial charge is 0.252 e. The molecule has 0 atom stereocenters. The number of likely N-dealkylation sites (N-methyl/N-ethyl adjacent to an activating group) is 1. The monoisotopic (exact) mass is 286 g/mol. The zero-order valence-corrected chi connectivity index (χ0v) is 11.9. The minimum Gasteiger partial charge on any atom is -0.403 e. The highest BCUT2D eigenvalue weighted by atomic mass is 19.3. The number of nitrogens with two attached hydrogens (primary N) is 1. The van der Waals surface area contributed by atoms with E-state index in [0.717, 1.165) is 0 Å². The molecule has 112 valence electrons. The van der Waals surface area contributed by atoms with Gasteiger partial charge in [-0.1, -0.05) is 0 Å². The predicted octanol–water partition coefficient (Wildman–Crippen LogP) is 1.36. The number of rotatable bonds is 1. The SMILES string of the molecule is CN1C(=O)C(C)(C)CN(C2CC(F)(F)C2)C(=N)/C1=C\N. The molecule has 0 radical (unpaired) electrons. The van der Waals surface area contributed by atoms with E-state index in [1.54, 1.807) is 25.8 Å². The van der Waals surface area contributed by atoms with Gasteiger partial charge in [-0.3, -0.25) is 10.2 Å². The summed E-state index contributed by atoms with van der Waals surface area (Å²) in [6.07, 6.45) is 0.633. The molecule has 0 unspecified atom stereocenters. The van der Waals surface area contributed by atoms with Crippen molar-refractivity contribution in [3.63, 3.8) is 0 Å². The number of hydrogen-bond donors (Lipinski definition) is 2. The normalized spacial score (nSPS) is 28.6. The molecule has 0 spiro atoms. The number of carbonyl (C=O) groups excluding carboxylic acids is 1. The molecular formula is C13H20F2N4O. The number of halogens is 2. The van der Waals surface area contributed by atoms with Crippen molar-refractivity contribution in [2.24, 2.45) is 11.1 Å². The largest absolute Gasteiger partial charge is 0.403 e. The molecule has 20 heavy (non-hydrogen) atoms. The molecular weight excluding hydrogens is 266 g/mol. The molecule has 1 saturated heterocycles. The van der Waals surface area contributed by atoms with Crippen molar-refractivity contribution >= 4 is 11.7 Å². The van der Waals surface area contributed by atoms with Crippen molar-refractivity contribution in [1.82, 2.24) is 9.80 Å². The van der Waals surface area contributed by atoms with Crippen LogP contribution in [-0.2, 0) is 4.79 Å².